The smallest absolute Gasteiger partial charge is 0.291 e. The van der Waals surface area contributed by atoms with Crippen LogP contribution < -0.4 is 15.4 Å². The van der Waals surface area contributed by atoms with Crippen molar-refractivity contribution >= 4 is 17.5 Å². The second kappa shape index (κ2) is 9.36. The lowest BCUT2D eigenvalue weighted by Crippen LogP contribution is -2.25. The summed E-state index contributed by atoms with van der Waals surface area (Å²) in [6.07, 6.45) is 2.01. The van der Waals surface area contributed by atoms with E-state index in [9.17, 15) is 14.0 Å². The average Bonchev–Trinajstić information content (AvgIpc) is 3.24. The first-order valence-electron chi connectivity index (χ1n) is 8.73. The Kier molecular flexibility index (Phi) is 6.41. The standard InChI is InChI=1S/C21H19FN2O4/c22-16-7-9-18(10-8-16)27-13-3-11-23-20(25)15-4-1-5-17(14-15)24-21(26)19-6-2-12-28-19/h1-2,4-10,12,14H,3,11,13H2,(H,23,25)(H,24,26). The van der Waals surface area contributed by atoms with Crippen LogP contribution in [0.4, 0.5) is 10.1 Å². The summed E-state index contributed by atoms with van der Waals surface area (Å²) in [4.78, 5) is 24.3. The van der Waals surface area contributed by atoms with Crippen molar-refractivity contribution in [2.24, 2.45) is 0 Å². The van der Waals surface area contributed by atoms with Crippen LogP contribution in [0, 0.1) is 5.82 Å². The minimum absolute atomic E-state index is 0.191. The summed E-state index contributed by atoms with van der Waals surface area (Å²) >= 11 is 0. The second-order valence-electron chi connectivity index (χ2n) is 5.92. The molecule has 28 heavy (non-hydrogen) atoms. The molecule has 0 atom stereocenters. The third-order valence-electron chi connectivity index (χ3n) is 3.82. The number of furan rings is 1. The van der Waals surface area contributed by atoms with Crippen molar-refractivity contribution in [3.8, 4) is 5.75 Å². The molecule has 144 valence electrons. The topological polar surface area (TPSA) is 80.6 Å². The van der Waals surface area contributed by atoms with Gasteiger partial charge in [0, 0.05) is 17.8 Å². The highest BCUT2D eigenvalue weighted by atomic mass is 19.1. The normalized spacial score (nSPS) is 10.3. The molecule has 1 aromatic heterocycles. The molecule has 2 amide bonds. The number of carbonyl (C=O) groups excluding carboxylic acids is 2. The average molecular weight is 382 g/mol. The number of anilines is 1. The molecule has 0 aliphatic rings. The van der Waals surface area contributed by atoms with Crippen molar-refractivity contribution in [3.05, 3.63) is 84.1 Å². The zero-order valence-corrected chi connectivity index (χ0v) is 15.0. The molecule has 1 heterocycles. The van der Waals surface area contributed by atoms with E-state index in [4.69, 9.17) is 9.15 Å². The summed E-state index contributed by atoms with van der Waals surface area (Å²) < 4.78 is 23.3. The van der Waals surface area contributed by atoms with Gasteiger partial charge in [0.25, 0.3) is 11.8 Å². The van der Waals surface area contributed by atoms with E-state index in [1.54, 1.807) is 48.5 Å². The first kappa shape index (κ1) is 19.2. The van der Waals surface area contributed by atoms with Crippen LogP contribution in [0.1, 0.15) is 27.3 Å². The molecule has 6 nitrogen and oxygen atoms in total. The van der Waals surface area contributed by atoms with Crippen LogP contribution in [0.5, 0.6) is 5.75 Å². The third kappa shape index (κ3) is 5.44. The van der Waals surface area contributed by atoms with E-state index in [1.165, 1.54) is 18.4 Å². The maximum atomic E-state index is 12.8. The Morgan fingerprint density at radius 2 is 1.82 bits per heavy atom. The van der Waals surface area contributed by atoms with E-state index in [0.717, 1.165) is 0 Å². The fourth-order valence-electron chi connectivity index (χ4n) is 2.44. The molecular weight excluding hydrogens is 363 g/mol. The number of benzene rings is 2. The van der Waals surface area contributed by atoms with Gasteiger partial charge in [0.05, 0.1) is 12.9 Å². The Morgan fingerprint density at radius 3 is 2.57 bits per heavy atom. The molecule has 3 rings (SSSR count). The first-order valence-corrected chi connectivity index (χ1v) is 8.73. The third-order valence-corrected chi connectivity index (χ3v) is 3.82. The zero-order chi connectivity index (χ0) is 19.8. The van der Waals surface area contributed by atoms with E-state index >= 15 is 0 Å². The number of amides is 2. The number of carbonyl (C=O) groups is 2. The summed E-state index contributed by atoms with van der Waals surface area (Å²) in [5.41, 5.74) is 0.922. The van der Waals surface area contributed by atoms with E-state index in [-0.39, 0.29) is 23.4 Å². The molecule has 0 aliphatic heterocycles. The quantitative estimate of drug-likeness (QED) is 0.580. The Balaban J connectivity index is 1.44. The van der Waals surface area contributed by atoms with Gasteiger partial charge in [-0.3, -0.25) is 9.59 Å². The van der Waals surface area contributed by atoms with Gasteiger partial charge in [0.15, 0.2) is 5.76 Å². The molecule has 0 unspecified atom stereocenters. The van der Waals surface area contributed by atoms with Gasteiger partial charge in [-0.15, -0.1) is 0 Å². The number of nitrogens with one attached hydrogen (secondary N) is 2. The van der Waals surface area contributed by atoms with E-state index < -0.39 is 0 Å². The molecule has 0 fully saturated rings. The lowest BCUT2D eigenvalue weighted by molar-refractivity contribution is 0.0949. The molecule has 0 saturated carbocycles. The van der Waals surface area contributed by atoms with Gasteiger partial charge in [0.1, 0.15) is 11.6 Å². The molecule has 2 aromatic carbocycles. The Labute approximate surface area is 161 Å². The van der Waals surface area contributed by atoms with Crippen molar-refractivity contribution in [3.63, 3.8) is 0 Å². The van der Waals surface area contributed by atoms with Crippen LogP contribution in [0.2, 0.25) is 0 Å². The van der Waals surface area contributed by atoms with Crippen molar-refractivity contribution in [1.82, 2.24) is 5.32 Å². The lowest BCUT2D eigenvalue weighted by Gasteiger charge is -2.09. The van der Waals surface area contributed by atoms with E-state index in [2.05, 4.69) is 10.6 Å². The van der Waals surface area contributed by atoms with Gasteiger partial charge >= 0.3 is 0 Å². The van der Waals surface area contributed by atoms with Gasteiger partial charge in [-0.05, 0) is 61.0 Å². The molecule has 2 N–H and O–H groups in total. The number of hydrogen-bond donors (Lipinski definition) is 2. The van der Waals surface area contributed by atoms with Gasteiger partial charge in [0.2, 0.25) is 0 Å². The molecule has 0 radical (unpaired) electrons. The predicted molar refractivity (Wildman–Crippen MR) is 102 cm³/mol. The number of rotatable bonds is 8. The highest BCUT2D eigenvalue weighted by molar-refractivity contribution is 6.03. The largest absolute Gasteiger partial charge is 0.494 e. The molecule has 0 aliphatic carbocycles. The van der Waals surface area contributed by atoms with E-state index in [1.807, 2.05) is 0 Å². The van der Waals surface area contributed by atoms with Crippen LogP contribution in [0.15, 0.2) is 71.3 Å². The monoisotopic (exact) mass is 382 g/mol. The summed E-state index contributed by atoms with van der Waals surface area (Å²) in [6.45, 7) is 0.814. The van der Waals surface area contributed by atoms with Crippen molar-refractivity contribution in [2.75, 3.05) is 18.5 Å². The number of halogens is 1. The van der Waals surface area contributed by atoms with Gasteiger partial charge in [-0.25, -0.2) is 4.39 Å². The van der Waals surface area contributed by atoms with Crippen molar-refractivity contribution in [1.29, 1.82) is 0 Å². The number of hydrogen-bond acceptors (Lipinski definition) is 4. The molecule has 0 saturated heterocycles. The van der Waals surface area contributed by atoms with E-state index in [0.29, 0.717) is 36.6 Å². The molecule has 3 aromatic rings. The summed E-state index contributed by atoms with van der Waals surface area (Å²) in [6, 6.07) is 15.6. The first-order chi connectivity index (χ1) is 13.6. The Morgan fingerprint density at radius 1 is 1.00 bits per heavy atom. The zero-order valence-electron chi connectivity index (χ0n) is 15.0. The minimum Gasteiger partial charge on any atom is -0.494 e. The highest BCUT2D eigenvalue weighted by Gasteiger charge is 2.10. The van der Waals surface area contributed by atoms with Crippen molar-refractivity contribution in [2.45, 2.75) is 6.42 Å². The van der Waals surface area contributed by atoms with Crippen LogP contribution in [0.3, 0.4) is 0 Å². The van der Waals surface area contributed by atoms with Gasteiger partial charge in [-0.1, -0.05) is 6.07 Å². The molecule has 7 heteroatoms. The fraction of sp³-hybridized carbons (Fsp3) is 0.143. The second-order valence-corrected chi connectivity index (χ2v) is 5.92. The highest BCUT2D eigenvalue weighted by Crippen LogP contribution is 2.13. The SMILES string of the molecule is O=C(NCCCOc1ccc(F)cc1)c1cccc(NC(=O)c2ccco2)c1. The molecular formula is C21H19FN2O4. The Hall–Kier alpha value is -3.61. The molecule has 0 spiro atoms. The van der Waals surface area contributed by atoms with Crippen LogP contribution in [-0.2, 0) is 0 Å². The summed E-state index contributed by atoms with van der Waals surface area (Å²) in [7, 11) is 0. The fourth-order valence-corrected chi connectivity index (χ4v) is 2.44. The van der Waals surface area contributed by atoms with Crippen LogP contribution in [-0.4, -0.2) is 25.0 Å². The van der Waals surface area contributed by atoms with Gasteiger partial charge in [-0.2, -0.15) is 0 Å². The summed E-state index contributed by atoms with van der Waals surface area (Å²) in [5.74, 6) is -0.192. The van der Waals surface area contributed by atoms with Crippen LogP contribution in [0.25, 0.3) is 0 Å². The minimum atomic E-state index is -0.388. The molecule has 0 bridgehead atoms. The van der Waals surface area contributed by atoms with Crippen LogP contribution >= 0.6 is 0 Å². The summed E-state index contributed by atoms with van der Waals surface area (Å²) in [5, 5.41) is 5.47. The van der Waals surface area contributed by atoms with Gasteiger partial charge < -0.3 is 19.8 Å². The predicted octanol–water partition coefficient (Wildman–Crippen LogP) is 3.87. The number of ether oxygens (including phenoxy) is 1. The Bertz CT molecular complexity index is 924. The maximum Gasteiger partial charge on any atom is 0.291 e. The maximum absolute atomic E-state index is 12.8. The lowest BCUT2D eigenvalue weighted by atomic mass is 10.2. The van der Waals surface area contributed by atoms with Crippen molar-refractivity contribution < 1.29 is 23.1 Å².